The van der Waals surface area contributed by atoms with Gasteiger partial charge in [-0.1, -0.05) is 17.7 Å². The lowest BCUT2D eigenvalue weighted by atomic mass is 10.1. The second kappa shape index (κ2) is 12.6. The smallest absolute Gasteiger partial charge is 0.179 e. The van der Waals surface area contributed by atoms with Gasteiger partial charge in [0.2, 0.25) is 0 Å². The molecule has 0 bridgehead atoms. The Morgan fingerprint density at radius 3 is 2.18 bits per heavy atom. The van der Waals surface area contributed by atoms with Crippen molar-refractivity contribution in [1.29, 1.82) is 0 Å². The van der Waals surface area contributed by atoms with E-state index in [1.54, 1.807) is 14.2 Å². The van der Waals surface area contributed by atoms with Crippen molar-refractivity contribution in [3.63, 3.8) is 0 Å². The average Bonchev–Trinajstić information content (AvgIpc) is 2.68. The van der Waals surface area contributed by atoms with E-state index in [1.807, 2.05) is 44.2 Å². The maximum atomic E-state index is 6.36. The first-order valence-corrected chi connectivity index (χ1v) is 9.50. The molecular formula is C21H29Cl2NO4. The third-order valence-electron chi connectivity index (χ3n) is 4.03. The van der Waals surface area contributed by atoms with Gasteiger partial charge in [-0.2, -0.15) is 0 Å². The first-order valence-electron chi connectivity index (χ1n) is 9.12. The van der Waals surface area contributed by atoms with Gasteiger partial charge in [0, 0.05) is 6.54 Å². The van der Waals surface area contributed by atoms with Crippen molar-refractivity contribution in [1.82, 2.24) is 5.32 Å². The van der Waals surface area contributed by atoms with Crippen molar-refractivity contribution in [2.45, 2.75) is 26.8 Å². The topological polar surface area (TPSA) is 49.0 Å². The maximum absolute atomic E-state index is 6.36. The third-order valence-corrected chi connectivity index (χ3v) is 4.31. The van der Waals surface area contributed by atoms with E-state index >= 15 is 0 Å². The molecular weight excluding hydrogens is 401 g/mol. The molecule has 28 heavy (non-hydrogen) atoms. The van der Waals surface area contributed by atoms with Crippen molar-refractivity contribution >= 4 is 24.0 Å². The van der Waals surface area contributed by atoms with Crippen LogP contribution in [0.3, 0.4) is 0 Å². The molecule has 0 atom stereocenters. The van der Waals surface area contributed by atoms with Crippen LogP contribution in [0.25, 0.3) is 0 Å². The highest BCUT2D eigenvalue weighted by molar-refractivity contribution is 6.32. The summed E-state index contributed by atoms with van der Waals surface area (Å²) in [5.74, 6) is 2.77. The Labute approximate surface area is 178 Å². The molecule has 0 aliphatic heterocycles. The first kappa shape index (κ1) is 24.2. The molecule has 2 aromatic carbocycles. The number of methoxy groups -OCH3 is 2. The molecule has 0 aromatic heterocycles. The SMILES string of the molecule is CCOc1cc(CNCCc2ccc(OC)c(OC)c2)cc(Cl)c1OCC.Cl. The molecule has 0 aliphatic rings. The molecule has 1 N–H and O–H groups in total. The fraction of sp³-hybridized carbons (Fsp3) is 0.429. The van der Waals surface area contributed by atoms with Gasteiger partial charge in [0.05, 0.1) is 32.5 Å². The highest BCUT2D eigenvalue weighted by atomic mass is 35.5. The zero-order valence-electron chi connectivity index (χ0n) is 16.8. The zero-order valence-corrected chi connectivity index (χ0v) is 18.4. The van der Waals surface area contributed by atoms with Gasteiger partial charge < -0.3 is 24.3 Å². The van der Waals surface area contributed by atoms with E-state index < -0.39 is 0 Å². The number of hydrogen-bond donors (Lipinski definition) is 1. The van der Waals surface area contributed by atoms with E-state index in [4.69, 9.17) is 30.5 Å². The molecule has 156 valence electrons. The highest BCUT2D eigenvalue weighted by Crippen LogP contribution is 2.36. The van der Waals surface area contributed by atoms with Gasteiger partial charge in [0.25, 0.3) is 0 Å². The summed E-state index contributed by atoms with van der Waals surface area (Å²) in [6.07, 6.45) is 0.878. The summed E-state index contributed by atoms with van der Waals surface area (Å²) in [6, 6.07) is 9.86. The van der Waals surface area contributed by atoms with Crippen LogP contribution in [0.1, 0.15) is 25.0 Å². The van der Waals surface area contributed by atoms with Crippen molar-refractivity contribution in [3.8, 4) is 23.0 Å². The minimum atomic E-state index is 0. The van der Waals surface area contributed by atoms with Gasteiger partial charge in [-0.15, -0.1) is 12.4 Å². The van der Waals surface area contributed by atoms with Crippen molar-refractivity contribution in [2.24, 2.45) is 0 Å². The molecule has 0 saturated heterocycles. The van der Waals surface area contributed by atoms with E-state index in [2.05, 4.69) is 5.32 Å². The Balaban J connectivity index is 0.00000392. The Morgan fingerprint density at radius 1 is 0.857 bits per heavy atom. The number of benzene rings is 2. The first-order chi connectivity index (χ1) is 13.1. The average molecular weight is 430 g/mol. The van der Waals surface area contributed by atoms with Crippen molar-refractivity contribution in [2.75, 3.05) is 34.0 Å². The standard InChI is InChI=1S/C21H28ClNO4.ClH/c1-5-26-20-13-16(11-17(22)21(20)27-6-2)14-23-10-9-15-7-8-18(24-3)19(12-15)25-4;/h7-8,11-13,23H,5-6,9-10,14H2,1-4H3;1H. The van der Waals surface area contributed by atoms with Gasteiger partial charge in [0.1, 0.15) is 0 Å². The Bertz CT molecular complexity index is 741. The van der Waals surface area contributed by atoms with Crippen LogP contribution in [-0.2, 0) is 13.0 Å². The minimum absolute atomic E-state index is 0. The predicted molar refractivity (Wildman–Crippen MR) is 116 cm³/mol. The lowest BCUT2D eigenvalue weighted by Gasteiger charge is -2.15. The molecule has 0 unspecified atom stereocenters. The Morgan fingerprint density at radius 2 is 1.54 bits per heavy atom. The van der Waals surface area contributed by atoms with Crippen molar-refractivity contribution < 1.29 is 18.9 Å². The molecule has 7 heteroatoms. The fourth-order valence-electron chi connectivity index (χ4n) is 2.77. The van der Waals surface area contributed by atoms with Crippen LogP contribution >= 0.6 is 24.0 Å². The van der Waals surface area contributed by atoms with Crippen LogP contribution in [0.4, 0.5) is 0 Å². The van der Waals surface area contributed by atoms with E-state index in [-0.39, 0.29) is 12.4 Å². The summed E-state index contributed by atoms with van der Waals surface area (Å²) >= 11 is 6.36. The number of ether oxygens (including phenoxy) is 4. The fourth-order valence-corrected chi connectivity index (χ4v) is 3.06. The van der Waals surface area contributed by atoms with Crippen LogP contribution in [-0.4, -0.2) is 34.0 Å². The number of rotatable bonds is 11. The van der Waals surface area contributed by atoms with E-state index in [0.29, 0.717) is 36.3 Å². The molecule has 0 heterocycles. The molecule has 0 spiro atoms. The number of hydrogen-bond acceptors (Lipinski definition) is 5. The number of nitrogens with one attached hydrogen (secondary N) is 1. The molecule has 0 aliphatic carbocycles. The second-order valence-corrected chi connectivity index (χ2v) is 6.29. The van der Waals surface area contributed by atoms with Crippen LogP contribution in [0.5, 0.6) is 23.0 Å². The molecule has 2 rings (SSSR count). The van der Waals surface area contributed by atoms with Gasteiger partial charge in [-0.25, -0.2) is 0 Å². The van der Waals surface area contributed by atoms with Gasteiger partial charge in [-0.3, -0.25) is 0 Å². The zero-order chi connectivity index (χ0) is 19.6. The lowest BCUT2D eigenvalue weighted by Crippen LogP contribution is -2.17. The van der Waals surface area contributed by atoms with Crippen LogP contribution in [0, 0.1) is 0 Å². The van der Waals surface area contributed by atoms with E-state index in [1.165, 1.54) is 5.56 Å². The van der Waals surface area contributed by atoms with Crippen LogP contribution < -0.4 is 24.3 Å². The van der Waals surface area contributed by atoms with E-state index in [9.17, 15) is 0 Å². The summed E-state index contributed by atoms with van der Waals surface area (Å²) in [5, 5.41) is 4.01. The van der Waals surface area contributed by atoms with Gasteiger partial charge in [0.15, 0.2) is 23.0 Å². The van der Waals surface area contributed by atoms with Crippen molar-refractivity contribution in [3.05, 3.63) is 46.5 Å². The lowest BCUT2D eigenvalue weighted by molar-refractivity contribution is 0.287. The summed E-state index contributed by atoms with van der Waals surface area (Å²) in [7, 11) is 3.28. The maximum Gasteiger partial charge on any atom is 0.179 e. The molecule has 0 saturated carbocycles. The highest BCUT2D eigenvalue weighted by Gasteiger charge is 2.12. The van der Waals surface area contributed by atoms with Gasteiger partial charge in [-0.05, 0) is 62.2 Å². The Hall–Kier alpha value is -1.82. The van der Waals surface area contributed by atoms with Gasteiger partial charge >= 0.3 is 0 Å². The molecule has 2 aromatic rings. The largest absolute Gasteiger partial charge is 0.493 e. The molecule has 0 fully saturated rings. The van der Waals surface area contributed by atoms with E-state index in [0.717, 1.165) is 30.0 Å². The predicted octanol–water partition coefficient (Wildman–Crippen LogP) is 4.91. The summed E-state index contributed by atoms with van der Waals surface area (Å²) in [6.45, 7) is 6.49. The monoisotopic (exact) mass is 429 g/mol. The normalized spacial score (nSPS) is 10.2. The van der Waals surface area contributed by atoms with Crippen LogP contribution in [0.15, 0.2) is 30.3 Å². The molecule has 0 radical (unpaired) electrons. The number of halogens is 2. The summed E-state index contributed by atoms with van der Waals surface area (Å²) < 4.78 is 21.9. The minimum Gasteiger partial charge on any atom is -0.493 e. The van der Waals surface area contributed by atoms with Crippen LogP contribution in [0.2, 0.25) is 5.02 Å². The third kappa shape index (κ3) is 6.66. The quantitative estimate of drug-likeness (QED) is 0.514. The summed E-state index contributed by atoms with van der Waals surface area (Å²) in [5.41, 5.74) is 2.24. The molecule has 5 nitrogen and oxygen atoms in total. The Kier molecular flexibility index (Phi) is 10.9. The molecule has 0 amide bonds. The second-order valence-electron chi connectivity index (χ2n) is 5.89. The summed E-state index contributed by atoms with van der Waals surface area (Å²) in [4.78, 5) is 0.